The summed E-state index contributed by atoms with van der Waals surface area (Å²) in [6.07, 6.45) is 0.0558. The van der Waals surface area contributed by atoms with Gasteiger partial charge in [0.2, 0.25) is 0 Å². The van der Waals surface area contributed by atoms with E-state index in [1.165, 1.54) is 0 Å². The first kappa shape index (κ1) is 22.5. The third-order valence-corrected chi connectivity index (χ3v) is 9.57. The van der Waals surface area contributed by atoms with Gasteiger partial charge < -0.3 is 0 Å². The molecule has 0 fully saturated rings. The van der Waals surface area contributed by atoms with Gasteiger partial charge in [-0.05, 0) is 0 Å². The second-order valence-corrected chi connectivity index (χ2v) is 14.4. The Labute approximate surface area is 148 Å². The summed E-state index contributed by atoms with van der Waals surface area (Å²) in [6.45, 7) is 14.6. The number of carbonyl (C=O) groups excluding carboxylic acids is 2. The molecule has 0 saturated heterocycles. The first-order chi connectivity index (χ1) is 10.4. The molecule has 0 aromatic carbocycles. The van der Waals surface area contributed by atoms with E-state index in [1.54, 1.807) is 0 Å². The number of rotatable bonds is 8. The van der Waals surface area contributed by atoms with E-state index < -0.39 is 20.5 Å². The van der Waals surface area contributed by atoms with Crippen LogP contribution in [0.5, 0.6) is 0 Å². The van der Waals surface area contributed by atoms with E-state index in [0.717, 1.165) is 5.32 Å². The van der Waals surface area contributed by atoms with Gasteiger partial charge in [0.25, 0.3) is 0 Å². The van der Waals surface area contributed by atoms with Crippen LogP contribution in [0.3, 0.4) is 0 Å². The number of nitrogens with one attached hydrogen (secondary N) is 1. The van der Waals surface area contributed by atoms with E-state index in [0.29, 0.717) is 28.0 Å². The standard InChI is InChI=1S/C16H33NO4SeSi/c1-12(2)11-20-15(19)17-13(9-10-22-6)14(18)21-23(7,8)16(3,4)5/h12-13H,9-11H2,1-8H3,(H,17,19). The summed E-state index contributed by atoms with van der Waals surface area (Å²) in [5, 5.41) is 3.53. The second kappa shape index (κ2) is 9.69. The van der Waals surface area contributed by atoms with Gasteiger partial charge in [-0.3, -0.25) is 0 Å². The molecule has 0 rings (SSSR count). The van der Waals surface area contributed by atoms with Gasteiger partial charge >= 0.3 is 148 Å². The van der Waals surface area contributed by atoms with Crippen LogP contribution >= 0.6 is 0 Å². The Kier molecular flexibility index (Phi) is 9.47. The monoisotopic (exact) mass is 411 g/mol. The molecule has 136 valence electrons. The molecule has 1 unspecified atom stereocenters. The van der Waals surface area contributed by atoms with Crippen molar-refractivity contribution in [3.63, 3.8) is 0 Å². The fraction of sp³-hybridized carbons (Fsp3) is 0.875. The first-order valence-electron chi connectivity index (χ1n) is 8.05. The summed E-state index contributed by atoms with van der Waals surface area (Å²) in [5.41, 5.74) is 0. The normalized spacial score (nSPS) is 13.6. The predicted molar refractivity (Wildman–Crippen MR) is 97.4 cm³/mol. The third-order valence-electron chi connectivity index (χ3n) is 3.90. The SMILES string of the molecule is C[Se]CCC(NC(=O)OCC(C)C)C(=O)O[Si](C)(C)C(C)(C)C. The molecule has 23 heavy (non-hydrogen) atoms. The van der Waals surface area contributed by atoms with E-state index in [9.17, 15) is 9.59 Å². The summed E-state index contributed by atoms with van der Waals surface area (Å²) < 4.78 is 10.9. The van der Waals surface area contributed by atoms with E-state index in [-0.39, 0.29) is 16.9 Å². The molecule has 0 bridgehead atoms. The van der Waals surface area contributed by atoms with Gasteiger partial charge in [-0.2, -0.15) is 0 Å². The minimum absolute atomic E-state index is 0.0555. The van der Waals surface area contributed by atoms with Crippen LogP contribution in [-0.2, 0) is 14.0 Å². The number of alkyl carbamates (subject to hydrolysis) is 1. The fourth-order valence-electron chi connectivity index (χ4n) is 1.39. The average molecular weight is 410 g/mol. The quantitative estimate of drug-likeness (QED) is 0.618. The average Bonchev–Trinajstić information content (AvgIpc) is 2.39. The van der Waals surface area contributed by atoms with Crippen molar-refractivity contribution < 1.29 is 18.8 Å². The van der Waals surface area contributed by atoms with Crippen LogP contribution in [-0.4, -0.2) is 48.0 Å². The van der Waals surface area contributed by atoms with Crippen LogP contribution in [0.25, 0.3) is 0 Å². The molecule has 7 heteroatoms. The molecule has 1 amide bonds. The van der Waals surface area contributed by atoms with Gasteiger partial charge in [-0.1, -0.05) is 0 Å². The van der Waals surface area contributed by atoms with Crippen molar-refractivity contribution in [1.29, 1.82) is 0 Å². The number of hydrogen-bond donors (Lipinski definition) is 1. The van der Waals surface area contributed by atoms with Crippen molar-refractivity contribution in [3.8, 4) is 0 Å². The molecule has 0 aromatic heterocycles. The second-order valence-electron chi connectivity index (χ2n) is 7.65. The molecule has 0 heterocycles. The predicted octanol–water partition coefficient (Wildman–Crippen LogP) is 3.85. The van der Waals surface area contributed by atoms with E-state index in [4.69, 9.17) is 9.16 Å². The molecule has 1 N–H and O–H groups in total. The van der Waals surface area contributed by atoms with Gasteiger partial charge in [-0.15, -0.1) is 0 Å². The topological polar surface area (TPSA) is 64.6 Å². The Morgan fingerprint density at radius 3 is 2.22 bits per heavy atom. The van der Waals surface area contributed by atoms with Crippen LogP contribution in [0, 0.1) is 5.92 Å². The number of carbonyl (C=O) groups is 2. The molecular formula is C16H33NO4SeSi. The van der Waals surface area contributed by atoms with Gasteiger partial charge in [0.1, 0.15) is 0 Å². The fourth-order valence-corrected chi connectivity index (χ4v) is 3.33. The van der Waals surface area contributed by atoms with Crippen molar-refractivity contribution in [2.75, 3.05) is 6.61 Å². The van der Waals surface area contributed by atoms with Crippen LogP contribution in [0.2, 0.25) is 29.3 Å². The maximum atomic E-state index is 12.5. The maximum absolute atomic E-state index is 12.5. The van der Waals surface area contributed by atoms with Crippen molar-refractivity contribution in [1.82, 2.24) is 5.32 Å². The van der Waals surface area contributed by atoms with Gasteiger partial charge in [-0.25, -0.2) is 0 Å². The molecule has 0 saturated carbocycles. The molecule has 0 spiro atoms. The van der Waals surface area contributed by atoms with E-state index >= 15 is 0 Å². The molecule has 0 aliphatic carbocycles. The first-order valence-corrected chi connectivity index (χ1v) is 13.9. The van der Waals surface area contributed by atoms with Gasteiger partial charge in [0.05, 0.1) is 0 Å². The zero-order valence-electron chi connectivity index (χ0n) is 15.8. The summed E-state index contributed by atoms with van der Waals surface area (Å²) in [6, 6.07) is -0.620. The Bertz CT molecular complexity index is 394. The van der Waals surface area contributed by atoms with Crippen molar-refractivity contribution in [2.24, 2.45) is 5.92 Å². The van der Waals surface area contributed by atoms with Crippen LogP contribution < -0.4 is 5.32 Å². The molecule has 0 radical (unpaired) electrons. The van der Waals surface area contributed by atoms with Crippen molar-refractivity contribution >= 4 is 35.3 Å². The zero-order chi connectivity index (χ0) is 18.3. The number of ether oxygens (including phenoxy) is 1. The molecule has 0 aliphatic heterocycles. The number of hydrogen-bond acceptors (Lipinski definition) is 4. The third kappa shape index (κ3) is 8.77. The molecule has 0 aliphatic rings. The van der Waals surface area contributed by atoms with Crippen molar-refractivity contribution in [2.45, 2.75) is 76.4 Å². The summed E-state index contributed by atoms with van der Waals surface area (Å²) >= 11 is 0.443. The van der Waals surface area contributed by atoms with E-state index in [1.807, 2.05) is 26.9 Å². The van der Waals surface area contributed by atoms with E-state index in [2.05, 4.69) is 31.9 Å². The van der Waals surface area contributed by atoms with Gasteiger partial charge in [0, 0.05) is 0 Å². The Balaban J connectivity index is 4.82. The Hall–Kier alpha value is -0.524. The Morgan fingerprint density at radius 1 is 1.22 bits per heavy atom. The Morgan fingerprint density at radius 2 is 1.78 bits per heavy atom. The molecule has 0 aromatic rings. The molecule has 5 nitrogen and oxygen atoms in total. The summed E-state index contributed by atoms with van der Waals surface area (Å²) in [4.78, 5) is 24.4. The van der Waals surface area contributed by atoms with Crippen LogP contribution in [0.4, 0.5) is 4.79 Å². The summed E-state index contributed by atoms with van der Waals surface area (Å²) in [7, 11) is -2.19. The zero-order valence-corrected chi connectivity index (χ0v) is 18.5. The minimum atomic E-state index is -2.19. The van der Waals surface area contributed by atoms with Gasteiger partial charge in [0.15, 0.2) is 0 Å². The molecule has 1 atom stereocenters. The molecular weight excluding hydrogens is 377 g/mol. The van der Waals surface area contributed by atoms with Crippen LogP contribution in [0.1, 0.15) is 41.0 Å². The van der Waals surface area contributed by atoms with Crippen molar-refractivity contribution in [3.05, 3.63) is 0 Å². The number of amides is 1. The van der Waals surface area contributed by atoms with Crippen LogP contribution in [0.15, 0.2) is 0 Å². The summed E-state index contributed by atoms with van der Waals surface area (Å²) in [5.74, 6) is 2.04.